The standard InChI is InChI=1S/C19H17BrN4O8S/c20-13-1-3-16-12(9-13)11-32-19(25)22(16)14-5-7-21(8-6-14)33(30,31)18-4-2-15(23(26)27)10-17(18)24(28)29/h1-4,9-10,14H,5-8,11H2. The molecule has 2 aromatic rings. The van der Waals surface area contributed by atoms with E-state index in [0.29, 0.717) is 11.8 Å². The lowest BCUT2D eigenvalue weighted by Crippen LogP contribution is -2.50. The topological polar surface area (TPSA) is 153 Å². The van der Waals surface area contributed by atoms with Gasteiger partial charge in [0.15, 0.2) is 4.90 Å². The summed E-state index contributed by atoms with van der Waals surface area (Å²) in [7, 11) is -4.29. The number of hydrogen-bond donors (Lipinski definition) is 0. The molecule has 33 heavy (non-hydrogen) atoms. The van der Waals surface area contributed by atoms with Gasteiger partial charge >= 0.3 is 6.09 Å². The molecule has 0 saturated carbocycles. The number of nitrogens with zero attached hydrogens (tertiary/aromatic N) is 4. The Hall–Kier alpha value is -3.10. The van der Waals surface area contributed by atoms with Crippen molar-refractivity contribution in [2.24, 2.45) is 0 Å². The number of rotatable bonds is 5. The van der Waals surface area contributed by atoms with Gasteiger partial charge < -0.3 is 4.74 Å². The maximum Gasteiger partial charge on any atom is 0.414 e. The summed E-state index contributed by atoms with van der Waals surface area (Å²) in [4.78, 5) is 33.9. The Kier molecular flexibility index (Phi) is 6.07. The summed E-state index contributed by atoms with van der Waals surface area (Å²) in [5.74, 6) is 0. The molecule has 0 N–H and O–H groups in total. The summed E-state index contributed by atoms with van der Waals surface area (Å²) in [6.07, 6.45) is 0.0482. The molecule has 14 heteroatoms. The minimum Gasteiger partial charge on any atom is -0.444 e. The van der Waals surface area contributed by atoms with Crippen molar-refractivity contribution < 1.29 is 27.8 Å². The van der Waals surface area contributed by atoms with Gasteiger partial charge in [-0.25, -0.2) is 13.2 Å². The fraction of sp³-hybridized carbons (Fsp3) is 0.316. The van der Waals surface area contributed by atoms with E-state index < -0.39 is 42.2 Å². The largest absolute Gasteiger partial charge is 0.444 e. The molecule has 4 rings (SSSR count). The maximum atomic E-state index is 13.1. The molecule has 2 heterocycles. The van der Waals surface area contributed by atoms with Crippen molar-refractivity contribution in [3.05, 3.63) is 66.7 Å². The molecule has 0 atom stereocenters. The molecule has 2 aromatic carbocycles. The highest BCUT2D eigenvalue weighted by atomic mass is 79.9. The highest BCUT2D eigenvalue weighted by Gasteiger charge is 2.39. The number of ether oxygens (including phenoxy) is 1. The van der Waals surface area contributed by atoms with Crippen molar-refractivity contribution in [1.29, 1.82) is 0 Å². The number of fused-ring (bicyclic) bond motifs is 1. The number of nitro benzene ring substituents is 2. The molecule has 0 aromatic heterocycles. The molecule has 2 aliphatic rings. The Morgan fingerprint density at radius 3 is 2.36 bits per heavy atom. The first kappa shape index (κ1) is 23.1. The number of sulfonamides is 1. The number of piperidine rings is 1. The van der Waals surface area contributed by atoms with E-state index in [0.717, 1.165) is 26.5 Å². The molecule has 0 bridgehead atoms. The average molecular weight is 541 g/mol. The average Bonchev–Trinajstić information content (AvgIpc) is 2.78. The molecule has 2 aliphatic heterocycles. The fourth-order valence-electron chi connectivity index (χ4n) is 4.02. The third-order valence-electron chi connectivity index (χ3n) is 5.61. The molecule has 174 valence electrons. The monoisotopic (exact) mass is 540 g/mol. The summed E-state index contributed by atoms with van der Waals surface area (Å²) in [5.41, 5.74) is 0.0843. The number of nitro groups is 2. The Morgan fingerprint density at radius 2 is 1.73 bits per heavy atom. The third kappa shape index (κ3) is 4.28. The van der Waals surface area contributed by atoms with Crippen LogP contribution in [0.1, 0.15) is 18.4 Å². The Bertz CT molecular complexity index is 1260. The van der Waals surface area contributed by atoms with Gasteiger partial charge in [-0.2, -0.15) is 4.31 Å². The molecule has 1 fully saturated rings. The van der Waals surface area contributed by atoms with Crippen molar-refractivity contribution in [1.82, 2.24) is 4.31 Å². The number of halogens is 1. The van der Waals surface area contributed by atoms with Crippen LogP contribution in [0, 0.1) is 20.2 Å². The van der Waals surface area contributed by atoms with E-state index in [1.54, 1.807) is 12.1 Å². The zero-order valence-electron chi connectivity index (χ0n) is 16.9. The van der Waals surface area contributed by atoms with Crippen molar-refractivity contribution in [2.75, 3.05) is 18.0 Å². The first-order chi connectivity index (χ1) is 15.6. The van der Waals surface area contributed by atoms with Gasteiger partial charge in [0, 0.05) is 35.2 Å². The van der Waals surface area contributed by atoms with Gasteiger partial charge in [-0.3, -0.25) is 25.1 Å². The van der Waals surface area contributed by atoms with E-state index in [1.807, 2.05) is 6.07 Å². The van der Waals surface area contributed by atoms with Gasteiger partial charge in [-0.15, -0.1) is 0 Å². The van der Waals surface area contributed by atoms with Crippen molar-refractivity contribution >= 4 is 49.1 Å². The van der Waals surface area contributed by atoms with Crippen molar-refractivity contribution in [2.45, 2.75) is 30.4 Å². The van der Waals surface area contributed by atoms with E-state index >= 15 is 0 Å². The van der Waals surface area contributed by atoms with Crippen LogP contribution < -0.4 is 4.90 Å². The summed E-state index contributed by atoms with van der Waals surface area (Å²) in [6, 6.07) is 7.57. The van der Waals surface area contributed by atoms with Gasteiger partial charge in [0.25, 0.3) is 11.4 Å². The second kappa shape index (κ2) is 8.68. The Labute approximate surface area is 196 Å². The molecule has 0 spiro atoms. The number of cyclic esters (lactones) is 1. The van der Waals surface area contributed by atoms with E-state index in [4.69, 9.17) is 4.74 Å². The molecule has 0 unspecified atom stereocenters. The van der Waals surface area contributed by atoms with Crippen LogP contribution in [0.4, 0.5) is 21.9 Å². The van der Waals surface area contributed by atoms with Gasteiger partial charge in [0.1, 0.15) is 6.61 Å². The van der Waals surface area contributed by atoms with E-state index in [-0.39, 0.29) is 38.6 Å². The van der Waals surface area contributed by atoms with Crippen LogP contribution >= 0.6 is 15.9 Å². The first-order valence-electron chi connectivity index (χ1n) is 9.77. The van der Waals surface area contributed by atoms with E-state index in [2.05, 4.69) is 15.9 Å². The molecule has 12 nitrogen and oxygen atoms in total. The Balaban J connectivity index is 1.57. The lowest BCUT2D eigenvalue weighted by molar-refractivity contribution is -0.396. The van der Waals surface area contributed by atoms with E-state index in [1.165, 1.54) is 4.90 Å². The Morgan fingerprint density at radius 1 is 1.03 bits per heavy atom. The van der Waals surface area contributed by atoms with Crippen LogP contribution in [-0.4, -0.2) is 47.8 Å². The van der Waals surface area contributed by atoms with Crippen LogP contribution in [0.2, 0.25) is 0 Å². The predicted octanol–water partition coefficient (Wildman–Crippen LogP) is 3.58. The molecular weight excluding hydrogens is 524 g/mol. The highest BCUT2D eigenvalue weighted by molar-refractivity contribution is 9.10. The van der Waals surface area contributed by atoms with Crippen molar-refractivity contribution in [3.63, 3.8) is 0 Å². The number of amides is 1. The lowest BCUT2D eigenvalue weighted by Gasteiger charge is -2.39. The second-order valence-electron chi connectivity index (χ2n) is 7.50. The van der Waals surface area contributed by atoms with Crippen LogP contribution in [0.5, 0.6) is 0 Å². The van der Waals surface area contributed by atoms with Gasteiger partial charge in [-0.1, -0.05) is 15.9 Å². The van der Waals surface area contributed by atoms with Crippen molar-refractivity contribution in [3.8, 4) is 0 Å². The summed E-state index contributed by atoms with van der Waals surface area (Å²) in [5, 5.41) is 22.3. The number of hydrogen-bond acceptors (Lipinski definition) is 8. The normalized spacial score (nSPS) is 17.4. The first-order valence-corrected chi connectivity index (χ1v) is 12.0. The molecule has 0 radical (unpaired) electrons. The molecule has 0 aliphatic carbocycles. The van der Waals surface area contributed by atoms with E-state index in [9.17, 15) is 33.4 Å². The van der Waals surface area contributed by atoms with Gasteiger partial charge in [0.2, 0.25) is 10.0 Å². The quantitative estimate of drug-likeness (QED) is 0.411. The summed E-state index contributed by atoms with van der Waals surface area (Å²) < 4.78 is 33.4. The molecule has 1 amide bonds. The maximum absolute atomic E-state index is 13.1. The van der Waals surface area contributed by atoms with Crippen LogP contribution in [0.25, 0.3) is 0 Å². The zero-order chi connectivity index (χ0) is 23.9. The minimum absolute atomic E-state index is 0.0107. The number of non-ortho nitro benzene ring substituents is 1. The number of carbonyl (C=O) groups is 1. The van der Waals surface area contributed by atoms with Gasteiger partial charge in [-0.05, 0) is 37.1 Å². The van der Waals surface area contributed by atoms with Crippen LogP contribution in [0.3, 0.4) is 0 Å². The smallest absolute Gasteiger partial charge is 0.414 e. The fourth-order valence-corrected chi connectivity index (χ4v) is 6.03. The number of benzene rings is 2. The minimum atomic E-state index is -4.29. The second-order valence-corrected chi connectivity index (χ2v) is 10.3. The predicted molar refractivity (Wildman–Crippen MR) is 118 cm³/mol. The molecular formula is C19H17BrN4O8S. The summed E-state index contributed by atoms with van der Waals surface area (Å²) in [6.45, 7) is 0.161. The third-order valence-corrected chi connectivity index (χ3v) is 8.04. The number of anilines is 1. The van der Waals surface area contributed by atoms with Crippen LogP contribution in [0.15, 0.2) is 45.8 Å². The SMILES string of the molecule is O=C1OCc2cc(Br)ccc2N1C1CCN(S(=O)(=O)c2ccc([N+](=O)[O-])cc2[N+](=O)[O-])CC1. The summed E-state index contributed by atoms with van der Waals surface area (Å²) >= 11 is 3.38. The van der Waals surface area contributed by atoms with Crippen LogP contribution in [-0.2, 0) is 21.4 Å². The van der Waals surface area contributed by atoms with Gasteiger partial charge in [0.05, 0.1) is 21.6 Å². The highest BCUT2D eigenvalue weighted by Crippen LogP contribution is 2.36. The number of carbonyl (C=O) groups excluding carboxylic acids is 1. The zero-order valence-corrected chi connectivity index (χ0v) is 19.3. The lowest BCUT2D eigenvalue weighted by atomic mass is 10.0. The molecule has 1 saturated heterocycles.